The summed E-state index contributed by atoms with van der Waals surface area (Å²) in [5, 5.41) is 9.22. The first-order valence-corrected chi connectivity index (χ1v) is 10.0. The fourth-order valence-electron chi connectivity index (χ4n) is 3.82. The summed E-state index contributed by atoms with van der Waals surface area (Å²) >= 11 is 0. The maximum absolute atomic E-state index is 12.6. The van der Waals surface area contributed by atoms with Gasteiger partial charge in [-0.15, -0.1) is 0 Å². The van der Waals surface area contributed by atoms with Crippen molar-refractivity contribution in [3.63, 3.8) is 0 Å². The summed E-state index contributed by atoms with van der Waals surface area (Å²) in [6, 6.07) is 18.6. The minimum atomic E-state index is -0.375. The van der Waals surface area contributed by atoms with Crippen molar-refractivity contribution in [1.82, 2.24) is 24.3 Å². The van der Waals surface area contributed by atoms with Gasteiger partial charge < -0.3 is 4.90 Å². The van der Waals surface area contributed by atoms with Crippen molar-refractivity contribution in [3.8, 4) is 22.5 Å². The zero-order valence-corrected chi connectivity index (χ0v) is 16.6. The minimum absolute atomic E-state index is 0.0289. The van der Waals surface area contributed by atoms with E-state index in [1.54, 1.807) is 10.6 Å². The lowest BCUT2D eigenvalue weighted by atomic mass is 10.0. The molecule has 1 aromatic carbocycles. The number of pyridine rings is 1. The van der Waals surface area contributed by atoms with Gasteiger partial charge >= 0.3 is 0 Å². The lowest BCUT2D eigenvalue weighted by Crippen LogP contribution is -2.36. The lowest BCUT2D eigenvalue weighted by Gasteiger charge is -2.15. The van der Waals surface area contributed by atoms with E-state index < -0.39 is 0 Å². The van der Waals surface area contributed by atoms with Crippen molar-refractivity contribution < 1.29 is 9.59 Å². The van der Waals surface area contributed by atoms with Gasteiger partial charge in [0.15, 0.2) is 5.78 Å². The smallest absolute Gasteiger partial charge is 0.267 e. The molecule has 0 spiro atoms. The van der Waals surface area contributed by atoms with E-state index in [0.29, 0.717) is 18.7 Å². The second-order valence-electron chi connectivity index (χ2n) is 7.44. The number of aromatic nitrogens is 4. The van der Waals surface area contributed by atoms with Crippen LogP contribution in [0.25, 0.3) is 28.0 Å². The van der Waals surface area contributed by atoms with Gasteiger partial charge in [-0.1, -0.05) is 36.4 Å². The fraction of sp³-hybridized carbons (Fsp3) is 0.174. The number of carbonyl (C=O) groups is 2. The number of ketones is 1. The molecule has 1 amide bonds. The first-order chi connectivity index (χ1) is 15.1. The third kappa shape index (κ3) is 3.52. The van der Waals surface area contributed by atoms with Gasteiger partial charge in [0.25, 0.3) is 5.56 Å². The second-order valence-corrected chi connectivity index (χ2v) is 7.44. The van der Waals surface area contributed by atoms with Gasteiger partial charge in [0.05, 0.1) is 23.3 Å². The van der Waals surface area contributed by atoms with Crippen molar-refractivity contribution in [1.29, 1.82) is 0 Å². The van der Waals surface area contributed by atoms with Gasteiger partial charge in [-0.25, -0.2) is 9.20 Å². The highest BCUT2D eigenvalue weighted by molar-refractivity contribution is 5.91. The minimum Gasteiger partial charge on any atom is -0.333 e. The van der Waals surface area contributed by atoms with Crippen LogP contribution in [0.1, 0.15) is 6.42 Å². The van der Waals surface area contributed by atoms with Crippen LogP contribution in [0.15, 0.2) is 71.7 Å². The number of hydrogen-bond donors (Lipinski definition) is 0. The molecule has 1 fully saturated rings. The van der Waals surface area contributed by atoms with Crippen LogP contribution >= 0.6 is 0 Å². The lowest BCUT2D eigenvalue weighted by molar-refractivity contribution is -0.132. The summed E-state index contributed by atoms with van der Waals surface area (Å²) in [5.41, 5.74) is 3.46. The summed E-state index contributed by atoms with van der Waals surface area (Å²) in [7, 11) is 0. The molecule has 1 aliphatic rings. The standard InChI is InChI=1S/C23H19N5O3/c29-17-11-13-26(14-17)21(31)15-28-20(30)10-9-18(24-28)22-19-8-4-5-12-27(19)25-23(22)16-6-2-1-3-7-16/h1-10,12H,11,13-15H2. The third-order valence-corrected chi connectivity index (χ3v) is 5.38. The molecule has 154 valence electrons. The molecule has 0 radical (unpaired) electrons. The van der Waals surface area contributed by atoms with Gasteiger partial charge in [-0.05, 0) is 18.2 Å². The number of fused-ring (bicyclic) bond motifs is 1. The SMILES string of the molecule is O=C1CCN(C(=O)Cn2nc(-c3c(-c4ccccc4)nn4ccccc34)ccc2=O)C1. The average Bonchev–Trinajstić information content (AvgIpc) is 3.40. The van der Waals surface area contributed by atoms with Crippen molar-refractivity contribution in [2.45, 2.75) is 13.0 Å². The van der Waals surface area contributed by atoms with Crippen LogP contribution < -0.4 is 5.56 Å². The van der Waals surface area contributed by atoms with Crippen LogP contribution in [0.2, 0.25) is 0 Å². The number of carbonyl (C=O) groups excluding carboxylic acids is 2. The molecule has 8 heteroatoms. The molecule has 1 saturated heterocycles. The molecule has 1 aliphatic heterocycles. The first kappa shape index (κ1) is 18.9. The summed E-state index contributed by atoms with van der Waals surface area (Å²) in [6.45, 7) is 0.275. The summed E-state index contributed by atoms with van der Waals surface area (Å²) < 4.78 is 2.93. The Morgan fingerprint density at radius 3 is 2.52 bits per heavy atom. The molecule has 0 N–H and O–H groups in total. The topological polar surface area (TPSA) is 89.6 Å². The van der Waals surface area contributed by atoms with Crippen LogP contribution in [0.5, 0.6) is 0 Å². The predicted octanol–water partition coefficient (Wildman–Crippen LogP) is 2.03. The molecular formula is C23H19N5O3. The number of benzene rings is 1. The second kappa shape index (κ2) is 7.64. The molecule has 3 aromatic heterocycles. The van der Waals surface area contributed by atoms with Gasteiger partial charge in [0.1, 0.15) is 12.2 Å². The number of nitrogens with zero attached hydrogens (tertiary/aromatic N) is 5. The van der Waals surface area contributed by atoms with Gasteiger partial charge in [0.2, 0.25) is 5.91 Å². The molecule has 0 unspecified atom stereocenters. The van der Waals surface area contributed by atoms with Gasteiger partial charge in [0, 0.05) is 30.8 Å². The van der Waals surface area contributed by atoms with Crippen LogP contribution in [0, 0.1) is 0 Å². The molecule has 31 heavy (non-hydrogen) atoms. The summed E-state index contributed by atoms with van der Waals surface area (Å²) in [5.74, 6) is -0.262. The fourth-order valence-corrected chi connectivity index (χ4v) is 3.82. The largest absolute Gasteiger partial charge is 0.333 e. The molecule has 0 aliphatic carbocycles. The predicted molar refractivity (Wildman–Crippen MR) is 114 cm³/mol. The maximum Gasteiger partial charge on any atom is 0.267 e. The van der Waals surface area contributed by atoms with Gasteiger partial charge in [-0.2, -0.15) is 10.2 Å². The van der Waals surface area contributed by atoms with Crippen LogP contribution in [0.4, 0.5) is 0 Å². The monoisotopic (exact) mass is 413 g/mol. The molecule has 4 aromatic rings. The van der Waals surface area contributed by atoms with E-state index in [0.717, 1.165) is 27.0 Å². The van der Waals surface area contributed by atoms with Crippen LogP contribution in [0.3, 0.4) is 0 Å². The molecule has 5 rings (SSSR count). The Balaban J connectivity index is 1.59. The first-order valence-electron chi connectivity index (χ1n) is 10.0. The van der Waals surface area contributed by atoms with E-state index in [9.17, 15) is 14.4 Å². The number of rotatable bonds is 4. The average molecular weight is 413 g/mol. The molecule has 4 heterocycles. The molecule has 0 saturated carbocycles. The normalized spacial score (nSPS) is 13.8. The van der Waals surface area contributed by atoms with E-state index in [1.165, 1.54) is 11.0 Å². The van der Waals surface area contributed by atoms with Gasteiger partial charge in [-0.3, -0.25) is 14.4 Å². The Morgan fingerprint density at radius 1 is 0.935 bits per heavy atom. The van der Waals surface area contributed by atoms with Crippen molar-refractivity contribution >= 4 is 17.2 Å². The van der Waals surface area contributed by atoms with Crippen LogP contribution in [-0.2, 0) is 16.1 Å². The highest BCUT2D eigenvalue weighted by atomic mass is 16.2. The summed E-state index contributed by atoms with van der Waals surface area (Å²) in [4.78, 5) is 37.9. The van der Waals surface area contributed by atoms with Crippen molar-refractivity contribution in [2.24, 2.45) is 0 Å². The third-order valence-electron chi connectivity index (χ3n) is 5.38. The maximum atomic E-state index is 12.6. The Bertz CT molecular complexity index is 1360. The number of hydrogen-bond acceptors (Lipinski definition) is 5. The highest BCUT2D eigenvalue weighted by Gasteiger charge is 2.25. The quantitative estimate of drug-likeness (QED) is 0.511. The van der Waals surface area contributed by atoms with E-state index >= 15 is 0 Å². The Kier molecular flexibility index (Phi) is 4.66. The van der Waals surface area contributed by atoms with Crippen molar-refractivity contribution in [2.75, 3.05) is 13.1 Å². The summed E-state index contributed by atoms with van der Waals surface area (Å²) in [6.07, 6.45) is 2.21. The molecule has 8 nitrogen and oxygen atoms in total. The Hall–Kier alpha value is -4.07. The Labute approximate surface area is 177 Å². The van der Waals surface area contributed by atoms with E-state index in [2.05, 4.69) is 5.10 Å². The number of Topliss-reactive ketones (excluding diaryl/α,β-unsaturated/α-hetero) is 1. The van der Waals surface area contributed by atoms with E-state index in [1.807, 2.05) is 54.7 Å². The molecular weight excluding hydrogens is 394 g/mol. The zero-order chi connectivity index (χ0) is 21.4. The number of amides is 1. The van der Waals surface area contributed by atoms with E-state index in [4.69, 9.17) is 5.10 Å². The highest BCUT2D eigenvalue weighted by Crippen LogP contribution is 2.33. The molecule has 0 atom stereocenters. The van der Waals surface area contributed by atoms with E-state index in [-0.39, 0.29) is 30.3 Å². The van der Waals surface area contributed by atoms with Crippen molar-refractivity contribution in [3.05, 3.63) is 77.2 Å². The van der Waals surface area contributed by atoms with Crippen LogP contribution in [-0.4, -0.2) is 49.1 Å². The Morgan fingerprint density at radius 2 is 1.74 bits per heavy atom. The number of likely N-dealkylation sites (tertiary alicyclic amines) is 1. The molecule has 0 bridgehead atoms. The zero-order valence-electron chi connectivity index (χ0n) is 16.6.